The van der Waals surface area contributed by atoms with Crippen molar-refractivity contribution >= 4 is 17.9 Å². The summed E-state index contributed by atoms with van der Waals surface area (Å²) in [4.78, 5) is 38.3. The van der Waals surface area contributed by atoms with Crippen molar-refractivity contribution in [1.82, 2.24) is 0 Å². The highest BCUT2D eigenvalue weighted by Crippen LogP contribution is 2.16. The summed E-state index contributed by atoms with van der Waals surface area (Å²) in [5.74, 6) is -0.920. The smallest absolute Gasteiger partial charge is 0.306 e. The largest absolute Gasteiger partial charge is 0.462 e. The van der Waals surface area contributed by atoms with Gasteiger partial charge in [-0.2, -0.15) is 0 Å². The summed E-state index contributed by atoms with van der Waals surface area (Å²) in [5.41, 5.74) is 0. The van der Waals surface area contributed by atoms with Crippen LogP contribution in [0.25, 0.3) is 0 Å². The van der Waals surface area contributed by atoms with Crippen molar-refractivity contribution in [1.29, 1.82) is 0 Å². The number of esters is 3. The second-order valence-corrected chi connectivity index (χ2v) is 22.0. The average Bonchev–Trinajstić information content (AvgIpc) is 3.46. The quantitative estimate of drug-likeness (QED) is 0.0261. The van der Waals surface area contributed by atoms with Crippen molar-refractivity contribution in [3.05, 3.63) is 122 Å². The van der Waals surface area contributed by atoms with Gasteiger partial charge in [0.25, 0.3) is 0 Å². The number of hydrogen-bond donors (Lipinski definition) is 0. The van der Waals surface area contributed by atoms with Crippen LogP contribution >= 0.6 is 0 Å². The lowest BCUT2D eigenvalue weighted by molar-refractivity contribution is -0.167. The summed E-state index contributed by atoms with van der Waals surface area (Å²) in [6.45, 7) is 6.40. The van der Waals surface area contributed by atoms with Gasteiger partial charge in [0.1, 0.15) is 13.2 Å². The fraction of sp³-hybridized carbons (Fsp3) is 0.689. The molecular formula is C74H124O6. The number of hydrogen-bond acceptors (Lipinski definition) is 6. The Morgan fingerprint density at radius 3 is 0.787 bits per heavy atom. The molecule has 1 unspecified atom stereocenters. The van der Waals surface area contributed by atoms with Crippen molar-refractivity contribution in [2.45, 2.75) is 316 Å². The molecule has 0 heterocycles. The molecule has 6 nitrogen and oxygen atoms in total. The Balaban J connectivity index is 4.27. The van der Waals surface area contributed by atoms with Gasteiger partial charge in [-0.05, 0) is 128 Å². The number of unbranched alkanes of at least 4 members (excludes halogenated alkanes) is 29. The van der Waals surface area contributed by atoms with Gasteiger partial charge in [-0.1, -0.05) is 284 Å². The van der Waals surface area contributed by atoms with E-state index in [2.05, 4.69) is 142 Å². The van der Waals surface area contributed by atoms with E-state index in [0.717, 1.165) is 122 Å². The van der Waals surface area contributed by atoms with E-state index in [4.69, 9.17) is 14.2 Å². The lowest BCUT2D eigenvalue weighted by Gasteiger charge is -2.18. The van der Waals surface area contributed by atoms with Crippen LogP contribution in [0.15, 0.2) is 122 Å². The minimum absolute atomic E-state index is 0.0907. The van der Waals surface area contributed by atoms with Gasteiger partial charge in [0, 0.05) is 19.3 Å². The van der Waals surface area contributed by atoms with Crippen molar-refractivity contribution < 1.29 is 28.6 Å². The molecule has 0 spiro atoms. The first-order chi connectivity index (χ1) is 39.5. The molecule has 0 aromatic rings. The molecule has 456 valence electrons. The van der Waals surface area contributed by atoms with E-state index in [9.17, 15) is 14.4 Å². The minimum atomic E-state index is -0.796. The fourth-order valence-corrected chi connectivity index (χ4v) is 9.22. The van der Waals surface area contributed by atoms with Gasteiger partial charge in [0.05, 0.1) is 0 Å². The number of carbonyl (C=O) groups excluding carboxylic acids is 3. The SMILES string of the molecule is CC/C=C\C/C=C\C/C=C\C/C=C\C/C=C\C/C=C\CCCCCCCCCCCCCCC(=O)OCC(COC(=O)CCCCC/C=C\C/C=C\C/C=C\CC)OC(=O)CCCCCCCCC/C=C\CCCCCCCCC. The molecule has 1 atom stereocenters. The Labute approximate surface area is 494 Å². The molecule has 0 fully saturated rings. The predicted molar refractivity (Wildman–Crippen MR) is 348 cm³/mol. The molecule has 0 amide bonds. The van der Waals surface area contributed by atoms with Crippen LogP contribution in [0.1, 0.15) is 310 Å². The molecule has 0 rings (SSSR count). The van der Waals surface area contributed by atoms with E-state index >= 15 is 0 Å². The monoisotopic (exact) mass is 1110 g/mol. The molecular weight excluding hydrogens is 985 g/mol. The Hall–Kier alpha value is -4.19. The van der Waals surface area contributed by atoms with E-state index in [0.29, 0.717) is 19.3 Å². The third-order valence-corrected chi connectivity index (χ3v) is 14.2. The lowest BCUT2D eigenvalue weighted by atomic mass is 10.0. The summed E-state index contributed by atoms with van der Waals surface area (Å²) in [5, 5.41) is 0. The van der Waals surface area contributed by atoms with Crippen molar-refractivity contribution in [2.75, 3.05) is 13.2 Å². The maximum absolute atomic E-state index is 12.9. The van der Waals surface area contributed by atoms with Crippen LogP contribution in [0.4, 0.5) is 0 Å². The summed E-state index contributed by atoms with van der Waals surface area (Å²) in [7, 11) is 0. The van der Waals surface area contributed by atoms with Crippen molar-refractivity contribution in [2.24, 2.45) is 0 Å². The fourth-order valence-electron chi connectivity index (χ4n) is 9.22. The molecule has 0 aliphatic carbocycles. The molecule has 0 saturated carbocycles. The number of carbonyl (C=O) groups is 3. The summed E-state index contributed by atoms with van der Waals surface area (Å²) >= 11 is 0. The van der Waals surface area contributed by atoms with E-state index in [-0.39, 0.29) is 31.1 Å². The zero-order chi connectivity index (χ0) is 57.8. The van der Waals surface area contributed by atoms with Crippen LogP contribution in [0.3, 0.4) is 0 Å². The van der Waals surface area contributed by atoms with Crippen LogP contribution in [0.2, 0.25) is 0 Å². The highest BCUT2D eigenvalue weighted by atomic mass is 16.6. The molecule has 0 saturated heterocycles. The van der Waals surface area contributed by atoms with Gasteiger partial charge >= 0.3 is 17.9 Å². The average molecular weight is 1110 g/mol. The normalized spacial score (nSPS) is 12.9. The Bertz CT molecular complexity index is 1650. The predicted octanol–water partition coefficient (Wildman–Crippen LogP) is 23.2. The highest BCUT2D eigenvalue weighted by Gasteiger charge is 2.19. The maximum atomic E-state index is 12.9. The molecule has 0 aromatic carbocycles. The first-order valence-corrected chi connectivity index (χ1v) is 33.5. The number of allylic oxidation sites excluding steroid dienone is 20. The highest BCUT2D eigenvalue weighted by molar-refractivity contribution is 5.71. The molecule has 0 aromatic heterocycles. The minimum Gasteiger partial charge on any atom is -0.462 e. The van der Waals surface area contributed by atoms with E-state index in [1.807, 2.05) is 0 Å². The van der Waals surface area contributed by atoms with E-state index in [1.165, 1.54) is 148 Å². The summed E-state index contributed by atoms with van der Waals surface area (Å²) < 4.78 is 16.9. The van der Waals surface area contributed by atoms with E-state index in [1.54, 1.807) is 0 Å². The first-order valence-electron chi connectivity index (χ1n) is 33.5. The molecule has 0 bridgehead atoms. The summed E-state index contributed by atoms with van der Waals surface area (Å²) in [6.07, 6.45) is 93.6. The van der Waals surface area contributed by atoms with Gasteiger partial charge < -0.3 is 14.2 Å². The number of rotatable bonds is 60. The van der Waals surface area contributed by atoms with Gasteiger partial charge in [0.15, 0.2) is 6.10 Å². The van der Waals surface area contributed by atoms with Crippen LogP contribution in [0, 0.1) is 0 Å². The van der Waals surface area contributed by atoms with Gasteiger partial charge in [-0.3, -0.25) is 14.4 Å². The first kappa shape index (κ1) is 75.8. The van der Waals surface area contributed by atoms with Gasteiger partial charge in [-0.25, -0.2) is 0 Å². The molecule has 0 aliphatic rings. The van der Waals surface area contributed by atoms with Crippen LogP contribution < -0.4 is 0 Å². The van der Waals surface area contributed by atoms with Crippen molar-refractivity contribution in [3.8, 4) is 0 Å². The maximum Gasteiger partial charge on any atom is 0.306 e. The molecule has 80 heavy (non-hydrogen) atoms. The third-order valence-electron chi connectivity index (χ3n) is 14.2. The second-order valence-electron chi connectivity index (χ2n) is 22.0. The lowest BCUT2D eigenvalue weighted by Crippen LogP contribution is -2.30. The number of ether oxygens (including phenoxy) is 3. The van der Waals surface area contributed by atoms with Gasteiger partial charge in [0.2, 0.25) is 0 Å². The second kappa shape index (κ2) is 67.3. The zero-order valence-corrected chi connectivity index (χ0v) is 52.3. The molecule has 0 aliphatic heterocycles. The van der Waals surface area contributed by atoms with Gasteiger partial charge in [-0.15, -0.1) is 0 Å². The topological polar surface area (TPSA) is 78.9 Å². The van der Waals surface area contributed by atoms with Crippen LogP contribution in [0.5, 0.6) is 0 Å². The Morgan fingerprint density at radius 1 is 0.263 bits per heavy atom. The summed E-state index contributed by atoms with van der Waals surface area (Å²) in [6, 6.07) is 0. The van der Waals surface area contributed by atoms with Crippen LogP contribution in [-0.2, 0) is 28.6 Å². The zero-order valence-electron chi connectivity index (χ0n) is 52.3. The molecule has 0 radical (unpaired) electrons. The standard InChI is InChI=1S/C74H124O6/c1-4-7-10-13-16-19-22-25-27-29-31-32-33-34-35-36-37-38-39-40-41-42-43-45-46-49-52-55-58-61-64-67-73(76)79-70-71(69-78-72(75)66-63-60-57-54-51-48-24-21-18-15-12-9-6-3)80-74(77)68-65-62-59-56-53-50-47-44-30-28-26-23-20-17-14-11-8-5-2/h7,9-10,12,16,18-19,21,25,27-28,30-32,34-35,37-38,48,51,71H,4-6,8,11,13-15,17,20,22-24,26,29,33,36,39-47,49-50,52-70H2,1-3H3/b10-7-,12-9-,19-16-,21-18-,27-25-,30-28-,32-31-,35-34-,38-37-,51-48-. The molecule has 0 N–H and O–H groups in total. The molecule has 6 heteroatoms. The van der Waals surface area contributed by atoms with Crippen LogP contribution in [-0.4, -0.2) is 37.2 Å². The Kier molecular flexibility index (Phi) is 63.8. The van der Waals surface area contributed by atoms with Crippen molar-refractivity contribution in [3.63, 3.8) is 0 Å². The van der Waals surface area contributed by atoms with E-state index < -0.39 is 6.10 Å². The Morgan fingerprint density at radius 2 is 0.487 bits per heavy atom. The third kappa shape index (κ3) is 64.6.